The van der Waals surface area contributed by atoms with Crippen molar-refractivity contribution in [3.63, 3.8) is 0 Å². The zero-order valence-electron chi connectivity index (χ0n) is 7.18. The lowest BCUT2D eigenvalue weighted by atomic mass is 10.2. The van der Waals surface area contributed by atoms with E-state index >= 15 is 0 Å². The minimum atomic E-state index is -0.145. The molecule has 4 nitrogen and oxygen atoms in total. The summed E-state index contributed by atoms with van der Waals surface area (Å²) in [7, 11) is 1.59. The van der Waals surface area contributed by atoms with Crippen LogP contribution < -0.4 is 16.4 Å². The van der Waals surface area contributed by atoms with Crippen LogP contribution in [0.5, 0.6) is 0 Å². The molecule has 66 valence electrons. The fraction of sp³-hybridized carbons (Fsp3) is 0.857. The van der Waals surface area contributed by atoms with E-state index in [0.29, 0.717) is 6.54 Å². The quantitative estimate of drug-likeness (QED) is 0.542. The smallest absolute Gasteiger partial charge is 0.314 e. The summed E-state index contributed by atoms with van der Waals surface area (Å²) in [5, 5.41) is 5.13. The molecule has 11 heavy (non-hydrogen) atoms. The van der Waals surface area contributed by atoms with E-state index in [9.17, 15) is 4.79 Å². The summed E-state index contributed by atoms with van der Waals surface area (Å²) in [6, 6.07) is 0.0560. The van der Waals surface area contributed by atoms with Gasteiger partial charge in [-0.1, -0.05) is 6.92 Å². The SMILES string of the molecule is CCC(N)CCNC(=O)NC. The molecule has 0 spiro atoms. The molecule has 4 N–H and O–H groups in total. The molecule has 0 heterocycles. The average Bonchev–Trinajstić information content (AvgIpc) is 2.04. The second kappa shape index (κ2) is 5.97. The Morgan fingerprint density at radius 1 is 1.64 bits per heavy atom. The van der Waals surface area contributed by atoms with Crippen molar-refractivity contribution >= 4 is 6.03 Å². The van der Waals surface area contributed by atoms with Crippen molar-refractivity contribution in [3.05, 3.63) is 0 Å². The summed E-state index contributed by atoms with van der Waals surface area (Å²) < 4.78 is 0. The van der Waals surface area contributed by atoms with Gasteiger partial charge in [-0.25, -0.2) is 4.79 Å². The first-order chi connectivity index (χ1) is 5.20. The highest BCUT2D eigenvalue weighted by Gasteiger charge is 1.99. The van der Waals surface area contributed by atoms with Crippen molar-refractivity contribution in [1.82, 2.24) is 10.6 Å². The first kappa shape index (κ1) is 10.2. The molecule has 0 bridgehead atoms. The van der Waals surface area contributed by atoms with E-state index in [-0.39, 0.29) is 12.1 Å². The molecular weight excluding hydrogens is 142 g/mol. The number of nitrogens with one attached hydrogen (secondary N) is 2. The van der Waals surface area contributed by atoms with Gasteiger partial charge < -0.3 is 16.4 Å². The van der Waals surface area contributed by atoms with Crippen molar-refractivity contribution in [3.8, 4) is 0 Å². The summed E-state index contributed by atoms with van der Waals surface area (Å²) in [6.45, 7) is 2.68. The normalized spacial score (nSPS) is 12.3. The Bertz CT molecular complexity index is 116. The Morgan fingerprint density at radius 3 is 2.73 bits per heavy atom. The highest BCUT2D eigenvalue weighted by molar-refractivity contribution is 5.73. The number of carbonyl (C=O) groups is 1. The molecule has 0 radical (unpaired) electrons. The molecule has 0 aromatic carbocycles. The Hall–Kier alpha value is -0.770. The third-order valence-corrected chi connectivity index (χ3v) is 1.55. The van der Waals surface area contributed by atoms with Crippen molar-refractivity contribution in [1.29, 1.82) is 0 Å². The van der Waals surface area contributed by atoms with Gasteiger partial charge in [-0.05, 0) is 12.8 Å². The maximum Gasteiger partial charge on any atom is 0.314 e. The maximum atomic E-state index is 10.6. The number of urea groups is 1. The van der Waals surface area contributed by atoms with E-state index in [1.807, 2.05) is 6.92 Å². The first-order valence-corrected chi connectivity index (χ1v) is 3.91. The maximum absolute atomic E-state index is 10.6. The van der Waals surface area contributed by atoms with E-state index in [1.54, 1.807) is 7.05 Å². The van der Waals surface area contributed by atoms with Gasteiger partial charge in [-0.3, -0.25) is 0 Å². The summed E-state index contributed by atoms with van der Waals surface area (Å²) in [4.78, 5) is 10.6. The molecule has 0 aliphatic rings. The summed E-state index contributed by atoms with van der Waals surface area (Å²) in [6.07, 6.45) is 1.79. The van der Waals surface area contributed by atoms with Crippen molar-refractivity contribution < 1.29 is 4.79 Å². The highest BCUT2D eigenvalue weighted by Crippen LogP contribution is 1.90. The molecular formula is C7H17N3O. The van der Waals surface area contributed by atoms with Gasteiger partial charge in [0.15, 0.2) is 0 Å². The zero-order chi connectivity index (χ0) is 8.69. The topological polar surface area (TPSA) is 67.1 Å². The van der Waals surface area contributed by atoms with Crippen molar-refractivity contribution in [2.45, 2.75) is 25.8 Å². The number of hydrogen-bond donors (Lipinski definition) is 3. The third-order valence-electron chi connectivity index (χ3n) is 1.55. The van der Waals surface area contributed by atoms with Crippen LogP contribution in [-0.2, 0) is 0 Å². The van der Waals surface area contributed by atoms with Gasteiger partial charge in [0.05, 0.1) is 0 Å². The molecule has 0 saturated heterocycles. The second-order valence-corrected chi connectivity index (χ2v) is 2.46. The number of rotatable bonds is 4. The Labute approximate surface area is 67.5 Å². The lowest BCUT2D eigenvalue weighted by Gasteiger charge is -2.08. The Morgan fingerprint density at radius 2 is 2.27 bits per heavy atom. The van der Waals surface area contributed by atoms with Gasteiger partial charge in [0.2, 0.25) is 0 Å². The van der Waals surface area contributed by atoms with Crippen LogP contribution in [0.2, 0.25) is 0 Å². The zero-order valence-corrected chi connectivity index (χ0v) is 7.18. The van der Waals surface area contributed by atoms with E-state index in [1.165, 1.54) is 0 Å². The minimum Gasteiger partial charge on any atom is -0.341 e. The second-order valence-electron chi connectivity index (χ2n) is 2.46. The molecule has 0 aliphatic heterocycles. The monoisotopic (exact) mass is 159 g/mol. The number of hydrogen-bond acceptors (Lipinski definition) is 2. The summed E-state index contributed by atoms with van der Waals surface area (Å²) in [5.74, 6) is 0. The first-order valence-electron chi connectivity index (χ1n) is 3.91. The molecule has 2 amide bonds. The molecule has 0 aromatic heterocycles. The molecule has 1 atom stereocenters. The van der Waals surface area contributed by atoms with E-state index in [0.717, 1.165) is 12.8 Å². The van der Waals surface area contributed by atoms with Crippen LogP contribution >= 0.6 is 0 Å². The highest BCUT2D eigenvalue weighted by atomic mass is 16.2. The third kappa shape index (κ3) is 5.66. The van der Waals surface area contributed by atoms with Crippen LogP contribution in [0.1, 0.15) is 19.8 Å². The van der Waals surface area contributed by atoms with Crippen LogP contribution in [0.25, 0.3) is 0 Å². The number of nitrogens with two attached hydrogens (primary N) is 1. The summed E-state index contributed by atoms with van der Waals surface area (Å²) >= 11 is 0. The van der Waals surface area contributed by atoms with Crippen LogP contribution in [0.15, 0.2) is 0 Å². The van der Waals surface area contributed by atoms with Gasteiger partial charge in [0, 0.05) is 19.6 Å². The van der Waals surface area contributed by atoms with E-state index < -0.39 is 0 Å². The van der Waals surface area contributed by atoms with E-state index in [2.05, 4.69) is 10.6 Å². The van der Waals surface area contributed by atoms with Crippen molar-refractivity contribution in [2.24, 2.45) is 5.73 Å². The fourth-order valence-electron chi connectivity index (χ4n) is 0.664. The number of amides is 2. The van der Waals surface area contributed by atoms with Crippen LogP contribution in [0.3, 0.4) is 0 Å². The Balaban J connectivity index is 3.20. The van der Waals surface area contributed by atoms with E-state index in [4.69, 9.17) is 5.73 Å². The fourth-order valence-corrected chi connectivity index (χ4v) is 0.664. The largest absolute Gasteiger partial charge is 0.341 e. The van der Waals surface area contributed by atoms with Gasteiger partial charge in [0.1, 0.15) is 0 Å². The average molecular weight is 159 g/mol. The standard InChI is InChI=1S/C7H17N3O/c1-3-6(8)4-5-10-7(11)9-2/h6H,3-5,8H2,1-2H3,(H2,9,10,11). The molecule has 4 heteroatoms. The summed E-state index contributed by atoms with van der Waals surface area (Å²) in [5.41, 5.74) is 5.63. The van der Waals surface area contributed by atoms with Gasteiger partial charge in [0.25, 0.3) is 0 Å². The lowest BCUT2D eigenvalue weighted by Crippen LogP contribution is -2.35. The number of carbonyl (C=O) groups excluding carboxylic acids is 1. The lowest BCUT2D eigenvalue weighted by molar-refractivity contribution is 0.242. The van der Waals surface area contributed by atoms with Crippen molar-refractivity contribution in [2.75, 3.05) is 13.6 Å². The van der Waals surface area contributed by atoms with Gasteiger partial charge in [-0.2, -0.15) is 0 Å². The van der Waals surface area contributed by atoms with Gasteiger partial charge in [-0.15, -0.1) is 0 Å². The molecule has 0 aliphatic carbocycles. The van der Waals surface area contributed by atoms with Crippen LogP contribution in [-0.4, -0.2) is 25.7 Å². The predicted octanol–water partition coefficient (Wildman–Crippen LogP) is 0.0428. The molecule has 1 unspecified atom stereocenters. The molecule has 0 fully saturated rings. The van der Waals surface area contributed by atoms with Gasteiger partial charge >= 0.3 is 6.03 Å². The van der Waals surface area contributed by atoms with Crippen LogP contribution in [0.4, 0.5) is 4.79 Å². The molecule has 0 saturated carbocycles. The minimum absolute atomic E-state index is 0.145. The Kier molecular flexibility index (Phi) is 5.56. The van der Waals surface area contributed by atoms with Crippen LogP contribution in [0, 0.1) is 0 Å². The predicted molar refractivity (Wildman–Crippen MR) is 45.3 cm³/mol. The molecule has 0 rings (SSSR count). The molecule has 0 aromatic rings.